The predicted octanol–water partition coefficient (Wildman–Crippen LogP) is 6.38. The fraction of sp³-hybridized carbons (Fsp3) is 0.448. The van der Waals surface area contributed by atoms with Crippen LogP contribution in [-0.2, 0) is 19.7 Å². The SMILES string of the molecule is CC.CCOC(=O)C1CCC(C)(C)c2cc(C#CC3=CC=C(CC(=O)O)CC=C3)c(C)cc21. The molecule has 1 N–H and O–H groups in total. The molecule has 0 fully saturated rings. The Morgan fingerprint density at radius 1 is 1.18 bits per heavy atom. The van der Waals surface area contributed by atoms with Crippen LogP contribution in [0.1, 0.15) is 88.5 Å². The highest BCUT2D eigenvalue weighted by molar-refractivity contribution is 5.80. The van der Waals surface area contributed by atoms with E-state index in [9.17, 15) is 9.59 Å². The van der Waals surface area contributed by atoms with Crippen molar-refractivity contribution in [3.8, 4) is 11.8 Å². The van der Waals surface area contributed by atoms with Gasteiger partial charge in [0.15, 0.2) is 0 Å². The van der Waals surface area contributed by atoms with Gasteiger partial charge in [0.2, 0.25) is 0 Å². The Morgan fingerprint density at radius 2 is 1.91 bits per heavy atom. The van der Waals surface area contributed by atoms with Gasteiger partial charge in [-0.3, -0.25) is 9.59 Å². The maximum Gasteiger partial charge on any atom is 0.313 e. The van der Waals surface area contributed by atoms with Crippen LogP contribution < -0.4 is 0 Å². The van der Waals surface area contributed by atoms with Gasteiger partial charge in [0.1, 0.15) is 0 Å². The van der Waals surface area contributed by atoms with E-state index in [1.54, 1.807) is 0 Å². The predicted molar refractivity (Wildman–Crippen MR) is 133 cm³/mol. The van der Waals surface area contributed by atoms with Crippen molar-refractivity contribution < 1.29 is 19.4 Å². The van der Waals surface area contributed by atoms with Crippen LogP contribution in [0.4, 0.5) is 0 Å². The number of carbonyl (C=O) groups excluding carboxylic acids is 1. The Kier molecular flexibility index (Phi) is 9.29. The zero-order valence-electron chi connectivity index (χ0n) is 20.7. The first-order valence-corrected chi connectivity index (χ1v) is 11.8. The summed E-state index contributed by atoms with van der Waals surface area (Å²) in [5, 5.41) is 8.99. The van der Waals surface area contributed by atoms with Gasteiger partial charge in [-0.2, -0.15) is 0 Å². The van der Waals surface area contributed by atoms with Gasteiger partial charge in [-0.25, -0.2) is 0 Å². The summed E-state index contributed by atoms with van der Waals surface area (Å²) < 4.78 is 5.32. The molecular formula is C29H36O4. The summed E-state index contributed by atoms with van der Waals surface area (Å²) in [6.07, 6.45) is 10.0. The standard InChI is InChI=1S/C27H30O4.C2H6/c1-5-31-26(30)22-13-14-27(3,4)24-17-21(18(2)15-23(22)24)12-11-19-7-6-8-20(10-9-19)16-25(28)29;1-2/h6-7,9-10,15,17,22H,5,8,13-14,16H2,1-4H3,(H,28,29);1-2H3. The molecule has 3 rings (SSSR count). The molecular weight excluding hydrogens is 412 g/mol. The Bertz CT molecular complexity index is 1040. The minimum absolute atomic E-state index is 0.0293. The van der Waals surface area contributed by atoms with E-state index in [2.05, 4.69) is 37.8 Å². The van der Waals surface area contributed by atoms with Gasteiger partial charge >= 0.3 is 11.9 Å². The fourth-order valence-electron chi connectivity index (χ4n) is 4.24. The molecule has 4 heteroatoms. The molecule has 0 radical (unpaired) electrons. The molecule has 2 aliphatic rings. The van der Waals surface area contributed by atoms with Crippen molar-refractivity contribution in [2.24, 2.45) is 0 Å². The monoisotopic (exact) mass is 448 g/mol. The number of aryl methyl sites for hydroxylation is 1. The van der Waals surface area contributed by atoms with Crippen LogP contribution in [0.15, 0.2) is 47.6 Å². The highest BCUT2D eigenvalue weighted by atomic mass is 16.5. The molecule has 4 nitrogen and oxygen atoms in total. The van der Waals surface area contributed by atoms with Crippen molar-refractivity contribution in [3.05, 3.63) is 69.8 Å². The van der Waals surface area contributed by atoms with Gasteiger partial charge in [-0.05, 0) is 67.4 Å². The van der Waals surface area contributed by atoms with Crippen LogP contribution in [0.25, 0.3) is 0 Å². The first-order chi connectivity index (χ1) is 15.7. The normalized spacial score (nSPS) is 18.2. The lowest BCUT2D eigenvalue weighted by atomic mass is 9.68. The summed E-state index contributed by atoms with van der Waals surface area (Å²) in [4.78, 5) is 23.5. The third kappa shape index (κ3) is 6.71. The lowest BCUT2D eigenvalue weighted by Crippen LogP contribution is -2.30. The van der Waals surface area contributed by atoms with Crippen LogP contribution in [0, 0.1) is 18.8 Å². The second kappa shape index (κ2) is 11.7. The Labute approximate surface area is 198 Å². The van der Waals surface area contributed by atoms with E-state index in [4.69, 9.17) is 9.84 Å². The Morgan fingerprint density at radius 3 is 2.58 bits per heavy atom. The van der Waals surface area contributed by atoms with Crippen LogP contribution >= 0.6 is 0 Å². The van der Waals surface area contributed by atoms with Gasteiger partial charge < -0.3 is 9.84 Å². The number of carbonyl (C=O) groups is 2. The summed E-state index contributed by atoms with van der Waals surface area (Å²) >= 11 is 0. The first-order valence-electron chi connectivity index (χ1n) is 11.8. The number of allylic oxidation sites excluding steroid dienone is 5. The van der Waals surface area contributed by atoms with Crippen molar-refractivity contribution in [2.45, 2.75) is 78.6 Å². The summed E-state index contributed by atoms with van der Waals surface area (Å²) in [6.45, 7) is 12.7. The molecule has 0 amide bonds. The molecule has 0 bridgehead atoms. The second-order valence-corrected chi connectivity index (χ2v) is 8.86. The Balaban J connectivity index is 0.00000187. The molecule has 0 heterocycles. The smallest absolute Gasteiger partial charge is 0.313 e. The number of fused-ring (bicyclic) bond motifs is 1. The molecule has 0 saturated carbocycles. The van der Waals surface area contributed by atoms with Gasteiger partial charge in [0.25, 0.3) is 0 Å². The summed E-state index contributed by atoms with van der Waals surface area (Å²) in [5.41, 5.74) is 5.90. The third-order valence-corrected chi connectivity index (χ3v) is 6.03. The highest BCUT2D eigenvalue weighted by Gasteiger charge is 2.37. The molecule has 0 spiro atoms. The molecule has 0 aliphatic heterocycles. The van der Waals surface area contributed by atoms with Crippen LogP contribution in [0.3, 0.4) is 0 Å². The maximum absolute atomic E-state index is 12.5. The Hall–Kier alpha value is -3.06. The number of benzene rings is 1. The van der Waals surface area contributed by atoms with Crippen molar-refractivity contribution in [1.29, 1.82) is 0 Å². The largest absolute Gasteiger partial charge is 0.481 e. The molecule has 1 atom stereocenters. The molecule has 0 aromatic heterocycles. The van der Waals surface area contributed by atoms with Gasteiger partial charge in [0, 0.05) is 11.1 Å². The molecule has 1 unspecified atom stereocenters. The zero-order valence-corrected chi connectivity index (χ0v) is 20.7. The molecule has 2 aliphatic carbocycles. The van der Waals surface area contributed by atoms with Crippen molar-refractivity contribution >= 4 is 11.9 Å². The number of aliphatic carboxylic acids is 1. The number of rotatable bonds is 4. The topological polar surface area (TPSA) is 63.6 Å². The average Bonchev–Trinajstić information content (AvgIpc) is 2.98. The molecule has 0 saturated heterocycles. The number of ether oxygens (including phenoxy) is 1. The zero-order chi connectivity index (χ0) is 24.6. The first kappa shape index (κ1) is 26.2. The van der Waals surface area contributed by atoms with E-state index in [0.717, 1.165) is 40.7 Å². The minimum Gasteiger partial charge on any atom is -0.481 e. The lowest BCUT2D eigenvalue weighted by Gasteiger charge is -2.36. The average molecular weight is 449 g/mol. The third-order valence-electron chi connectivity index (χ3n) is 6.03. The van der Waals surface area contributed by atoms with Crippen LogP contribution in [0.5, 0.6) is 0 Å². The van der Waals surface area contributed by atoms with E-state index < -0.39 is 5.97 Å². The minimum atomic E-state index is -0.823. The van der Waals surface area contributed by atoms with Crippen molar-refractivity contribution in [2.75, 3.05) is 6.61 Å². The van der Waals surface area contributed by atoms with Crippen molar-refractivity contribution in [1.82, 2.24) is 0 Å². The van der Waals surface area contributed by atoms with Gasteiger partial charge in [0.05, 0.1) is 18.9 Å². The van der Waals surface area contributed by atoms with Gasteiger partial charge in [-0.1, -0.05) is 69.4 Å². The summed E-state index contributed by atoms with van der Waals surface area (Å²) in [7, 11) is 0. The van der Waals surface area contributed by atoms with E-state index in [1.165, 1.54) is 5.56 Å². The maximum atomic E-state index is 12.5. The number of hydrogen-bond acceptors (Lipinski definition) is 3. The van der Waals surface area contributed by atoms with Crippen LogP contribution in [0.2, 0.25) is 0 Å². The van der Waals surface area contributed by atoms with E-state index in [1.807, 2.05) is 52.0 Å². The molecule has 1 aromatic carbocycles. The van der Waals surface area contributed by atoms with E-state index in [-0.39, 0.29) is 23.7 Å². The number of carboxylic acid groups (broad SMARTS) is 1. The van der Waals surface area contributed by atoms with Crippen molar-refractivity contribution in [3.63, 3.8) is 0 Å². The number of carboxylic acids is 1. The number of hydrogen-bond donors (Lipinski definition) is 1. The lowest BCUT2D eigenvalue weighted by molar-refractivity contribution is -0.145. The van der Waals surface area contributed by atoms with Crippen LogP contribution in [-0.4, -0.2) is 23.7 Å². The molecule has 33 heavy (non-hydrogen) atoms. The highest BCUT2D eigenvalue weighted by Crippen LogP contribution is 2.44. The van der Waals surface area contributed by atoms with E-state index >= 15 is 0 Å². The quantitative estimate of drug-likeness (QED) is 0.429. The van der Waals surface area contributed by atoms with E-state index in [0.29, 0.717) is 13.0 Å². The van der Waals surface area contributed by atoms with Gasteiger partial charge in [-0.15, -0.1) is 0 Å². The summed E-state index contributed by atoms with van der Waals surface area (Å²) in [6, 6.07) is 4.24. The fourth-order valence-corrected chi connectivity index (χ4v) is 4.24. The number of esters is 1. The summed E-state index contributed by atoms with van der Waals surface area (Å²) in [5.74, 6) is 5.33. The second-order valence-electron chi connectivity index (χ2n) is 8.86. The molecule has 176 valence electrons. The molecule has 1 aromatic rings.